The second kappa shape index (κ2) is 8.60. The van der Waals surface area contributed by atoms with Crippen LogP contribution in [-0.2, 0) is 28.4 Å². The number of fused-ring (bicyclic) bond motifs is 5. The van der Waals surface area contributed by atoms with Gasteiger partial charge in [0.25, 0.3) is 0 Å². The molecule has 4 unspecified atom stereocenters. The van der Waals surface area contributed by atoms with Crippen LogP contribution in [0, 0.1) is 34.5 Å². The molecule has 2 saturated carbocycles. The third kappa shape index (κ3) is 4.30. The zero-order chi connectivity index (χ0) is 27.0. The van der Waals surface area contributed by atoms with Crippen molar-refractivity contribution in [2.75, 3.05) is 6.54 Å². The number of hydrogen-bond donors (Lipinski definition) is 1. The Balaban J connectivity index is 1.40. The predicted molar refractivity (Wildman–Crippen MR) is 124 cm³/mol. The van der Waals surface area contributed by atoms with E-state index in [0.29, 0.717) is 43.5 Å². The first kappa shape index (κ1) is 26.3. The number of alkyl halides is 6. The summed E-state index contributed by atoms with van der Waals surface area (Å²) in [6.07, 6.45) is -4.43. The summed E-state index contributed by atoms with van der Waals surface area (Å²) in [5.74, 6) is 0.0242. The summed E-state index contributed by atoms with van der Waals surface area (Å²) in [5, 5.41) is 3.47. The van der Waals surface area contributed by atoms with Gasteiger partial charge in [-0.1, -0.05) is 13.8 Å². The molecular formula is C28H31F6NO2. The summed E-state index contributed by atoms with van der Waals surface area (Å²) in [6.45, 7) is 4.92. The molecule has 0 amide bonds. The van der Waals surface area contributed by atoms with Crippen molar-refractivity contribution in [2.45, 2.75) is 71.1 Å². The van der Waals surface area contributed by atoms with Crippen LogP contribution in [-0.4, -0.2) is 18.1 Å². The van der Waals surface area contributed by atoms with Gasteiger partial charge >= 0.3 is 12.4 Å². The number of hydrogen-bond acceptors (Lipinski definition) is 3. The lowest BCUT2D eigenvalue weighted by atomic mass is 9.49. The molecule has 37 heavy (non-hydrogen) atoms. The van der Waals surface area contributed by atoms with Gasteiger partial charge in [-0.05, 0) is 79.0 Å². The van der Waals surface area contributed by atoms with Crippen molar-refractivity contribution in [2.24, 2.45) is 34.5 Å². The monoisotopic (exact) mass is 527 g/mol. The van der Waals surface area contributed by atoms with E-state index in [9.17, 15) is 35.9 Å². The number of allylic oxidation sites excluding steroid dienone is 2. The topological polar surface area (TPSA) is 46.2 Å². The fourth-order valence-electron chi connectivity index (χ4n) is 8.18. The largest absolute Gasteiger partial charge is 0.416 e. The fourth-order valence-corrected chi connectivity index (χ4v) is 8.18. The van der Waals surface area contributed by atoms with Crippen molar-refractivity contribution in [3.63, 3.8) is 0 Å². The number of ketones is 2. The van der Waals surface area contributed by atoms with Crippen LogP contribution in [0.1, 0.15) is 69.1 Å². The standard InChI is InChI=1S/C28H31F6NO2/c1-25-10-8-21-18(14-35-24-13-17(36)7-9-26(21,24)2)20(25)5-6-22(25)23(37)12-15-11-16(27(29,30)31)3-4-19(15)28(32,33)34/h3-4,11,13,18,20-22,35H,5-10,12,14H2,1-2H3/t18?,20?,21?,22?,25-,26+/m0/s1. The van der Waals surface area contributed by atoms with E-state index < -0.39 is 52.6 Å². The molecule has 5 rings (SSSR count). The molecule has 1 aliphatic heterocycles. The highest BCUT2D eigenvalue weighted by Gasteiger charge is 2.60. The molecule has 0 aromatic heterocycles. The number of carbonyl (C=O) groups excluding carboxylic acids is 2. The van der Waals surface area contributed by atoms with E-state index in [1.165, 1.54) is 0 Å². The lowest BCUT2D eigenvalue weighted by Crippen LogP contribution is -2.57. The van der Waals surface area contributed by atoms with Gasteiger partial charge in [-0.25, -0.2) is 0 Å². The maximum absolute atomic E-state index is 13.6. The number of piperidine rings is 1. The number of rotatable bonds is 3. The Morgan fingerprint density at radius 3 is 2.41 bits per heavy atom. The highest BCUT2D eigenvalue weighted by atomic mass is 19.4. The zero-order valence-electron chi connectivity index (χ0n) is 20.9. The van der Waals surface area contributed by atoms with E-state index in [4.69, 9.17) is 0 Å². The number of Topliss-reactive ketones (excluding diaryl/α,β-unsaturated/α-hetero) is 1. The van der Waals surface area contributed by atoms with Crippen molar-refractivity contribution in [3.8, 4) is 0 Å². The first-order valence-electron chi connectivity index (χ1n) is 12.9. The van der Waals surface area contributed by atoms with Gasteiger partial charge in [0.2, 0.25) is 0 Å². The molecule has 3 aliphatic carbocycles. The first-order valence-corrected chi connectivity index (χ1v) is 12.9. The molecule has 9 heteroatoms. The number of benzene rings is 1. The fraction of sp³-hybridized carbons (Fsp3) is 0.643. The minimum absolute atomic E-state index is 0.124. The highest BCUT2D eigenvalue weighted by Crippen LogP contribution is 2.64. The van der Waals surface area contributed by atoms with Gasteiger partial charge in [0.1, 0.15) is 5.78 Å². The Labute approximate surface area is 212 Å². The Kier molecular flexibility index (Phi) is 6.11. The molecule has 4 aliphatic rings. The zero-order valence-corrected chi connectivity index (χ0v) is 20.9. The van der Waals surface area contributed by atoms with E-state index in [1.807, 2.05) is 6.92 Å². The van der Waals surface area contributed by atoms with Crippen molar-refractivity contribution in [1.82, 2.24) is 5.32 Å². The van der Waals surface area contributed by atoms with Gasteiger partial charge < -0.3 is 5.32 Å². The summed E-state index contributed by atoms with van der Waals surface area (Å²) in [7, 11) is 0. The summed E-state index contributed by atoms with van der Waals surface area (Å²) < 4.78 is 80.6. The maximum Gasteiger partial charge on any atom is 0.416 e. The molecule has 0 spiro atoms. The molecule has 6 atom stereocenters. The third-order valence-corrected chi connectivity index (χ3v) is 10.1. The molecule has 1 aromatic rings. The van der Waals surface area contributed by atoms with Gasteiger partial charge in [0.05, 0.1) is 11.1 Å². The molecule has 0 radical (unpaired) electrons. The average Bonchev–Trinajstić information content (AvgIpc) is 3.15. The lowest BCUT2D eigenvalue weighted by molar-refractivity contribution is -0.142. The lowest BCUT2D eigenvalue weighted by Gasteiger charge is -2.58. The Morgan fingerprint density at radius 2 is 1.73 bits per heavy atom. The SMILES string of the molecule is C[C@]12CCC3C(CNC4=CC(=O)CC[C@@]43C)C1CCC2C(=O)Cc1cc(C(F)(F)F)ccc1C(F)(F)F. The summed E-state index contributed by atoms with van der Waals surface area (Å²) >= 11 is 0. The van der Waals surface area contributed by atoms with Crippen molar-refractivity contribution in [1.29, 1.82) is 0 Å². The van der Waals surface area contributed by atoms with Crippen molar-refractivity contribution >= 4 is 11.6 Å². The molecule has 1 saturated heterocycles. The van der Waals surface area contributed by atoms with Crippen LogP contribution in [0.4, 0.5) is 26.3 Å². The van der Waals surface area contributed by atoms with Crippen LogP contribution in [0.15, 0.2) is 30.0 Å². The van der Waals surface area contributed by atoms with Crippen LogP contribution in [0.5, 0.6) is 0 Å². The van der Waals surface area contributed by atoms with Crippen molar-refractivity contribution in [3.05, 3.63) is 46.7 Å². The molecule has 1 heterocycles. The number of nitrogens with one attached hydrogen (secondary N) is 1. The minimum atomic E-state index is -4.85. The normalized spacial score (nSPS) is 35.7. The summed E-state index contributed by atoms with van der Waals surface area (Å²) in [4.78, 5) is 25.5. The van der Waals surface area contributed by atoms with E-state index in [-0.39, 0.29) is 23.0 Å². The second-order valence-electron chi connectivity index (χ2n) is 11.9. The van der Waals surface area contributed by atoms with E-state index in [0.717, 1.165) is 31.4 Å². The highest BCUT2D eigenvalue weighted by molar-refractivity contribution is 5.91. The summed E-state index contributed by atoms with van der Waals surface area (Å²) in [6, 6.07) is 1.34. The van der Waals surface area contributed by atoms with E-state index >= 15 is 0 Å². The Bertz CT molecular complexity index is 1150. The molecule has 3 fully saturated rings. The predicted octanol–water partition coefficient (Wildman–Crippen LogP) is 6.75. The number of carbonyl (C=O) groups is 2. The molecule has 202 valence electrons. The quantitative estimate of drug-likeness (QED) is 0.443. The van der Waals surface area contributed by atoms with Crippen LogP contribution >= 0.6 is 0 Å². The molecular weight excluding hydrogens is 496 g/mol. The molecule has 1 N–H and O–H groups in total. The van der Waals surface area contributed by atoms with Gasteiger partial charge in [0.15, 0.2) is 5.78 Å². The maximum atomic E-state index is 13.6. The van der Waals surface area contributed by atoms with Gasteiger partial charge in [-0.15, -0.1) is 0 Å². The molecule has 0 bridgehead atoms. The molecule has 3 nitrogen and oxygen atoms in total. The minimum Gasteiger partial charge on any atom is -0.387 e. The van der Waals surface area contributed by atoms with E-state index in [1.54, 1.807) is 6.08 Å². The molecule has 1 aromatic carbocycles. The Morgan fingerprint density at radius 1 is 1.00 bits per heavy atom. The smallest absolute Gasteiger partial charge is 0.387 e. The van der Waals surface area contributed by atoms with Gasteiger partial charge in [-0.3, -0.25) is 9.59 Å². The van der Waals surface area contributed by atoms with Crippen LogP contribution in [0.3, 0.4) is 0 Å². The van der Waals surface area contributed by atoms with Crippen molar-refractivity contribution < 1.29 is 35.9 Å². The summed E-state index contributed by atoms with van der Waals surface area (Å²) in [5.41, 5.74) is -2.55. The Hall–Kier alpha value is -2.32. The average molecular weight is 528 g/mol. The number of halogens is 6. The van der Waals surface area contributed by atoms with Crippen LogP contribution in [0.25, 0.3) is 0 Å². The van der Waals surface area contributed by atoms with Crippen LogP contribution in [0.2, 0.25) is 0 Å². The third-order valence-electron chi connectivity index (χ3n) is 10.1. The first-order chi connectivity index (χ1) is 17.1. The van der Waals surface area contributed by atoms with Gasteiger partial charge in [0, 0.05) is 42.5 Å². The van der Waals surface area contributed by atoms with Gasteiger partial charge in [-0.2, -0.15) is 26.3 Å². The van der Waals surface area contributed by atoms with E-state index in [2.05, 4.69) is 12.2 Å². The second-order valence-corrected chi connectivity index (χ2v) is 11.9. The van der Waals surface area contributed by atoms with Crippen LogP contribution < -0.4 is 5.32 Å².